The maximum absolute atomic E-state index is 13.6. The molecule has 0 aliphatic rings. The summed E-state index contributed by atoms with van der Waals surface area (Å²) in [6.07, 6.45) is 0.104. The zero-order valence-corrected chi connectivity index (χ0v) is 16.2. The fourth-order valence-corrected chi connectivity index (χ4v) is 3.63. The molecule has 5 nitrogen and oxygen atoms in total. The van der Waals surface area contributed by atoms with Crippen LogP contribution in [0.5, 0.6) is 5.75 Å². The molecule has 26 heavy (non-hydrogen) atoms. The molecule has 9 heteroatoms. The van der Waals surface area contributed by atoms with Gasteiger partial charge in [0.25, 0.3) is 0 Å². The van der Waals surface area contributed by atoms with Gasteiger partial charge in [-0.05, 0) is 48.9 Å². The van der Waals surface area contributed by atoms with E-state index in [1.165, 1.54) is 37.4 Å². The quantitative estimate of drug-likeness (QED) is 0.479. The van der Waals surface area contributed by atoms with E-state index in [1.807, 2.05) is 0 Å². The minimum Gasteiger partial charge on any atom is -0.423 e. The summed E-state index contributed by atoms with van der Waals surface area (Å²) in [4.78, 5) is 11.7. The highest BCUT2D eigenvalue weighted by atomic mass is 79.9. The van der Waals surface area contributed by atoms with Crippen LogP contribution in [-0.4, -0.2) is 32.3 Å². The Balaban J connectivity index is 1.88. The summed E-state index contributed by atoms with van der Waals surface area (Å²) in [7, 11) is -2.42. The monoisotopic (exact) mass is 447 g/mol. The van der Waals surface area contributed by atoms with Crippen LogP contribution < -0.4 is 4.74 Å². The van der Waals surface area contributed by atoms with E-state index in [2.05, 4.69) is 15.9 Å². The molecule has 0 saturated carbocycles. The van der Waals surface area contributed by atoms with Crippen LogP contribution in [0.1, 0.15) is 12.8 Å². The molecule has 2 aromatic rings. The van der Waals surface area contributed by atoms with Crippen LogP contribution in [0.25, 0.3) is 0 Å². The van der Waals surface area contributed by atoms with Crippen LogP contribution in [-0.2, 0) is 14.8 Å². The van der Waals surface area contributed by atoms with Gasteiger partial charge in [0.05, 0.1) is 4.90 Å². The number of nitrogens with zero attached hydrogens (tertiary/aromatic N) is 1. The molecule has 0 bridgehead atoms. The number of benzene rings is 2. The average molecular weight is 448 g/mol. The topological polar surface area (TPSA) is 63.7 Å². The Morgan fingerprint density at radius 2 is 1.81 bits per heavy atom. The van der Waals surface area contributed by atoms with Gasteiger partial charge in [-0.2, -0.15) is 0 Å². The van der Waals surface area contributed by atoms with E-state index >= 15 is 0 Å². The number of esters is 1. The third-order valence-electron chi connectivity index (χ3n) is 3.49. The number of hydrogen-bond donors (Lipinski definition) is 0. The van der Waals surface area contributed by atoms with Crippen molar-refractivity contribution in [3.05, 3.63) is 58.6 Å². The van der Waals surface area contributed by atoms with Crippen molar-refractivity contribution < 1.29 is 26.7 Å². The second kappa shape index (κ2) is 8.70. The van der Waals surface area contributed by atoms with Crippen molar-refractivity contribution in [2.75, 3.05) is 13.6 Å². The third-order valence-corrected chi connectivity index (χ3v) is 5.86. The molecule has 0 unspecified atom stereocenters. The molecule has 0 aliphatic carbocycles. The van der Waals surface area contributed by atoms with E-state index in [4.69, 9.17) is 4.74 Å². The fraction of sp³-hybridized carbons (Fsp3) is 0.235. The van der Waals surface area contributed by atoms with E-state index in [-0.39, 0.29) is 30.0 Å². The SMILES string of the molecule is CN(CCCC(=O)Oc1ccc(Br)cc1F)S(=O)(=O)c1ccc(F)cc1. The first-order chi connectivity index (χ1) is 12.2. The van der Waals surface area contributed by atoms with Crippen LogP contribution in [0.3, 0.4) is 0 Å². The molecule has 140 valence electrons. The molecule has 0 heterocycles. The Labute approximate surface area is 158 Å². The van der Waals surface area contributed by atoms with Crippen molar-refractivity contribution >= 4 is 31.9 Å². The van der Waals surface area contributed by atoms with Gasteiger partial charge in [0, 0.05) is 24.5 Å². The van der Waals surface area contributed by atoms with Crippen LogP contribution in [0.2, 0.25) is 0 Å². The molecule has 0 aliphatic heterocycles. The standard InChI is InChI=1S/C17H16BrF2NO4S/c1-21(26(23,24)14-7-5-13(19)6-8-14)10-2-3-17(22)25-16-9-4-12(18)11-15(16)20/h4-9,11H,2-3,10H2,1H3. The Kier molecular flexibility index (Phi) is 6.85. The zero-order valence-electron chi connectivity index (χ0n) is 13.8. The highest BCUT2D eigenvalue weighted by molar-refractivity contribution is 9.10. The lowest BCUT2D eigenvalue weighted by molar-refractivity contribution is -0.134. The Morgan fingerprint density at radius 3 is 2.42 bits per heavy atom. The number of halogens is 3. The molecule has 0 aromatic heterocycles. The van der Waals surface area contributed by atoms with E-state index in [0.29, 0.717) is 4.47 Å². The highest BCUT2D eigenvalue weighted by Gasteiger charge is 2.21. The maximum atomic E-state index is 13.6. The summed E-state index contributed by atoms with van der Waals surface area (Å²) >= 11 is 3.10. The van der Waals surface area contributed by atoms with Gasteiger partial charge in [0.15, 0.2) is 11.6 Å². The summed E-state index contributed by atoms with van der Waals surface area (Å²) in [5.41, 5.74) is 0. The van der Waals surface area contributed by atoms with Gasteiger partial charge in [-0.1, -0.05) is 15.9 Å². The van der Waals surface area contributed by atoms with Crippen molar-refractivity contribution in [3.63, 3.8) is 0 Å². The minimum atomic E-state index is -3.77. The Morgan fingerprint density at radius 1 is 1.15 bits per heavy atom. The first-order valence-electron chi connectivity index (χ1n) is 7.58. The van der Waals surface area contributed by atoms with Crippen LogP contribution in [0, 0.1) is 11.6 Å². The number of carbonyl (C=O) groups is 1. The predicted octanol–water partition coefficient (Wildman–Crippen LogP) is 3.73. The van der Waals surface area contributed by atoms with Crippen LogP contribution in [0.4, 0.5) is 8.78 Å². The minimum absolute atomic E-state index is 0.0408. The van der Waals surface area contributed by atoms with Crippen molar-refractivity contribution in [2.45, 2.75) is 17.7 Å². The largest absolute Gasteiger partial charge is 0.423 e. The van der Waals surface area contributed by atoms with Crippen molar-refractivity contribution in [1.82, 2.24) is 4.31 Å². The van der Waals surface area contributed by atoms with E-state index in [0.717, 1.165) is 16.4 Å². The van der Waals surface area contributed by atoms with Crippen LogP contribution >= 0.6 is 15.9 Å². The Hall–Kier alpha value is -1.84. The molecule has 0 N–H and O–H groups in total. The molecular weight excluding hydrogens is 432 g/mol. The first-order valence-corrected chi connectivity index (χ1v) is 9.81. The van der Waals surface area contributed by atoms with Gasteiger partial charge in [-0.15, -0.1) is 0 Å². The first kappa shape index (κ1) is 20.5. The zero-order chi connectivity index (χ0) is 19.3. The Bertz CT molecular complexity index is 888. The molecule has 0 spiro atoms. The number of sulfonamides is 1. The van der Waals surface area contributed by atoms with Crippen molar-refractivity contribution in [1.29, 1.82) is 0 Å². The molecule has 0 amide bonds. The van der Waals surface area contributed by atoms with Gasteiger partial charge in [-0.3, -0.25) is 4.79 Å². The molecule has 0 saturated heterocycles. The fourth-order valence-electron chi connectivity index (χ4n) is 2.08. The van der Waals surface area contributed by atoms with E-state index in [1.54, 1.807) is 0 Å². The second-order valence-electron chi connectivity index (χ2n) is 5.43. The predicted molar refractivity (Wildman–Crippen MR) is 95.2 cm³/mol. The molecule has 0 radical (unpaired) electrons. The molecule has 2 aromatic carbocycles. The number of carbonyl (C=O) groups excluding carboxylic acids is 1. The number of ether oxygens (including phenoxy) is 1. The van der Waals surface area contributed by atoms with Crippen molar-refractivity contribution in [3.8, 4) is 5.75 Å². The second-order valence-corrected chi connectivity index (χ2v) is 8.39. The lowest BCUT2D eigenvalue weighted by Crippen LogP contribution is -2.28. The van der Waals surface area contributed by atoms with Gasteiger partial charge in [0.1, 0.15) is 5.82 Å². The molecule has 2 rings (SSSR count). The third kappa shape index (κ3) is 5.33. The van der Waals surface area contributed by atoms with Gasteiger partial charge in [-0.25, -0.2) is 21.5 Å². The summed E-state index contributed by atoms with van der Waals surface area (Å²) in [6, 6.07) is 8.50. The summed E-state index contributed by atoms with van der Waals surface area (Å²) in [5, 5.41) is 0. The molecule has 0 atom stereocenters. The van der Waals surface area contributed by atoms with E-state index in [9.17, 15) is 22.0 Å². The van der Waals surface area contributed by atoms with Gasteiger partial charge >= 0.3 is 5.97 Å². The number of rotatable bonds is 7. The summed E-state index contributed by atoms with van der Waals surface area (Å²) < 4.78 is 57.7. The average Bonchev–Trinajstić information content (AvgIpc) is 2.57. The van der Waals surface area contributed by atoms with Gasteiger partial charge < -0.3 is 4.74 Å². The van der Waals surface area contributed by atoms with Crippen LogP contribution in [0.15, 0.2) is 51.8 Å². The maximum Gasteiger partial charge on any atom is 0.311 e. The lowest BCUT2D eigenvalue weighted by atomic mass is 10.3. The summed E-state index contributed by atoms with van der Waals surface area (Å²) in [5.74, 6) is -2.07. The van der Waals surface area contributed by atoms with Gasteiger partial charge in [0.2, 0.25) is 10.0 Å². The molecule has 0 fully saturated rings. The molecular formula is C17H16BrF2NO4S. The normalized spacial score (nSPS) is 11.6. The number of hydrogen-bond acceptors (Lipinski definition) is 4. The highest BCUT2D eigenvalue weighted by Crippen LogP contribution is 2.22. The van der Waals surface area contributed by atoms with E-state index < -0.39 is 27.6 Å². The smallest absolute Gasteiger partial charge is 0.311 e. The summed E-state index contributed by atoms with van der Waals surface area (Å²) in [6.45, 7) is 0.0532. The lowest BCUT2D eigenvalue weighted by Gasteiger charge is -2.17. The van der Waals surface area contributed by atoms with Crippen molar-refractivity contribution in [2.24, 2.45) is 0 Å².